The molecule has 1 fully saturated rings. The molecule has 0 spiro atoms. The Morgan fingerprint density at radius 1 is 1.47 bits per heavy atom. The molecule has 0 aliphatic carbocycles. The van der Waals surface area contributed by atoms with Crippen LogP contribution in [0.5, 0.6) is 5.75 Å². The Morgan fingerprint density at radius 2 is 2.21 bits per heavy atom. The van der Waals surface area contributed by atoms with Crippen LogP contribution in [-0.4, -0.2) is 34.3 Å². The van der Waals surface area contributed by atoms with Crippen LogP contribution >= 0.6 is 11.6 Å². The molecule has 1 aliphatic heterocycles. The number of nitrogens with zero attached hydrogens (tertiary/aromatic N) is 1. The number of Topliss-reactive ketones (excluding diaryl/α,β-unsaturated/α-hetero) is 1. The number of rotatable bonds is 3. The third kappa shape index (κ3) is 3.07. The summed E-state index contributed by atoms with van der Waals surface area (Å²) in [5, 5.41) is 9.77. The lowest BCUT2D eigenvalue weighted by molar-refractivity contribution is -0.117. The van der Waals surface area contributed by atoms with E-state index < -0.39 is 0 Å². The van der Waals surface area contributed by atoms with Gasteiger partial charge in [0, 0.05) is 19.0 Å². The number of halogens is 1. The van der Waals surface area contributed by atoms with Crippen molar-refractivity contribution in [1.29, 1.82) is 0 Å². The highest BCUT2D eigenvalue weighted by Crippen LogP contribution is 2.27. The third-order valence-electron chi connectivity index (χ3n) is 3.34. The molecular weight excluding hydrogens is 266 g/mol. The fourth-order valence-corrected chi connectivity index (χ4v) is 2.68. The number of ketones is 1. The quantitative estimate of drug-likeness (QED) is 0.926. The minimum atomic E-state index is -0.218. The van der Waals surface area contributed by atoms with E-state index in [-0.39, 0.29) is 29.0 Å². The van der Waals surface area contributed by atoms with Gasteiger partial charge in [0.15, 0.2) is 0 Å². The van der Waals surface area contributed by atoms with E-state index in [1.54, 1.807) is 4.90 Å². The molecule has 1 heterocycles. The zero-order valence-corrected chi connectivity index (χ0v) is 11.5. The van der Waals surface area contributed by atoms with Crippen molar-refractivity contribution >= 4 is 23.3 Å². The molecule has 0 aromatic heterocycles. The number of carbonyl (C=O) groups excluding carboxylic acids is 2. The SMILES string of the molecule is CC(=O)CC1CCCN1C(=O)c1cc(O)ccc1Cl. The van der Waals surface area contributed by atoms with Crippen molar-refractivity contribution in [2.45, 2.75) is 32.2 Å². The molecule has 1 aromatic carbocycles. The lowest BCUT2D eigenvalue weighted by Crippen LogP contribution is -2.36. The highest BCUT2D eigenvalue weighted by Gasteiger charge is 2.31. The molecule has 1 aromatic rings. The molecule has 0 radical (unpaired) electrons. The van der Waals surface area contributed by atoms with E-state index in [0.717, 1.165) is 12.8 Å². The van der Waals surface area contributed by atoms with Gasteiger partial charge in [0.1, 0.15) is 11.5 Å². The smallest absolute Gasteiger partial charge is 0.255 e. The van der Waals surface area contributed by atoms with Crippen molar-refractivity contribution in [3.63, 3.8) is 0 Å². The summed E-state index contributed by atoms with van der Waals surface area (Å²) < 4.78 is 0. The zero-order valence-electron chi connectivity index (χ0n) is 10.7. The van der Waals surface area contributed by atoms with Crippen molar-refractivity contribution in [3.8, 4) is 5.75 Å². The summed E-state index contributed by atoms with van der Waals surface area (Å²) in [7, 11) is 0. The Bertz CT molecular complexity index is 515. The largest absolute Gasteiger partial charge is 0.508 e. The first-order valence-electron chi connectivity index (χ1n) is 6.28. The van der Waals surface area contributed by atoms with Crippen LogP contribution in [0.3, 0.4) is 0 Å². The lowest BCUT2D eigenvalue weighted by atomic mass is 10.1. The monoisotopic (exact) mass is 281 g/mol. The van der Waals surface area contributed by atoms with Crippen LogP contribution in [-0.2, 0) is 4.79 Å². The second-order valence-corrected chi connectivity index (χ2v) is 5.27. The summed E-state index contributed by atoms with van der Waals surface area (Å²) in [6.07, 6.45) is 2.10. The van der Waals surface area contributed by atoms with Gasteiger partial charge in [0.05, 0.1) is 10.6 Å². The molecule has 1 atom stereocenters. The number of likely N-dealkylation sites (tertiary alicyclic amines) is 1. The summed E-state index contributed by atoms with van der Waals surface area (Å²) in [5.41, 5.74) is 0.289. The Balaban J connectivity index is 2.23. The minimum Gasteiger partial charge on any atom is -0.508 e. The average Bonchev–Trinajstić information content (AvgIpc) is 2.78. The van der Waals surface area contributed by atoms with Gasteiger partial charge in [-0.25, -0.2) is 0 Å². The van der Waals surface area contributed by atoms with Gasteiger partial charge < -0.3 is 10.0 Å². The fourth-order valence-electron chi connectivity index (χ4n) is 2.48. The topological polar surface area (TPSA) is 57.6 Å². The molecule has 1 amide bonds. The molecule has 5 heteroatoms. The Hall–Kier alpha value is -1.55. The first-order chi connectivity index (χ1) is 8.99. The Labute approximate surface area is 117 Å². The van der Waals surface area contributed by atoms with Crippen molar-refractivity contribution in [3.05, 3.63) is 28.8 Å². The number of amides is 1. The van der Waals surface area contributed by atoms with Gasteiger partial charge in [0.25, 0.3) is 5.91 Å². The normalized spacial score (nSPS) is 18.6. The first kappa shape index (κ1) is 13.9. The first-order valence-corrected chi connectivity index (χ1v) is 6.65. The highest BCUT2D eigenvalue weighted by atomic mass is 35.5. The van der Waals surface area contributed by atoms with Gasteiger partial charge >= 0.3 is 0 Å². The zero-order chi connectivity index (χ0) is 14.0. The van der Waals surface area contributed by atoms with Crippen molar-refractivity contribution in [2.75, 3.05) is 6.54 Å². The number of phenols is 1. The average molecular weight is 282 g/mol. The lowest BCUT2D eigenvalue weighted by Gasteiger charge is -2.24. The highest BCUT2D eigenvalue weighted by molar-refractivity contribution is 6.33. The van der Waals surface area contributed by atoms with Gasteiger partial charge in [0.2, 0.25) is 0 Å². The number of hydrogen-bond acceptors (Lipinski definition) is 3. The maximum absolute atomic E-state index is 12.4. The summed E-state index contributed by atoms with van der Waals surface area (Å²) in [5.74, 6) is -0.133. The summed E-state index contributed by atoms with van der Waals surface area (Å²) in [4.78, 5) is 25.3. The van der Waals surface area contributed by atoms with E-state index >= 15 is 0 Å². The van der Waals surface area contributed by atoms with E-state index in [9.17, 15) is 14.7 Å². The van der Waals surface area contributed by atoms with E-state index in [0.29, 0.717) is 18.0 Å². The fraction of sp³-hybridized carbons (Fsp3) is 0.429. The molecule has 19 heavy (non-hydrogen) atoms. The number of benzene rings is 1. The predicted octanol–water partition coefficient (Wildman–Crippen LogP) is 2.63. The molecule has 0 saturated carbocycles. The molecule has 1 N–H and O–H groups in total. The number of phenolic OH excluding ortho intramolecular Hbond substituents is 1. The van der Waals surface area contributed by atoms with E-state index in [4.69, 9.17) is 11.6 Å². The summed E-state index contributed by atoms with van der Waals surface area (Å²) in [6, 6.07) is 4.26. The van der Waals surface area contributed by atoms with Gasteiger partial charge in [-0.1, -0.05) is 11.6 Å². The number of aromatic hydroxyl groups is 1. The summed E-state index contributed by atoms with van der Waals surface area (Å²) >= 11 is 6.00. The van der Waals surface area contributed by atoms with Crippen LogP contribution in [0.15, 0.2) is 18.2 Å². The van der Waals surface area contributed by atoms with Gasteiger partial charge in [-0.2, -0.15) is 0 Å². The molecule has 1 aliphatic rings. The second kappa shape index (κ2) is 5.61. The van der Waals surface area contributed by atoms with Crippen LogP contribution in [0.25, 0.3) is 0 Å². The van der Waals surface area contributed by atoms with Crippen LogP contribution < -0.4 is 0 Å². The van der Waals surface area contributed by atoms with Gasteiger partial charge in [-0.05, 0) is 38.0 Å². The number of hydrogen-bond donors (Lipinski definition) is 1. The van der Waals surface area contributed by atoms with Crippen LogP contribution in [0, 0.1) is 0 Å². The van der Waals surface area contributed by atoms with E-state index in [1.165, 1.54) is 25.1 Å². The predicted molar refractivity (Wildman–Crippen MR) is 72.5 cm³/mol. The van der Waals surface area contributed by atoms with Crippen LogP contribution in [0.2, 0.25) is 5.02 Å². The maximum atomic E-state index is 12.4. The molecule has 102 valence electrons. The van der Waals surface area contributed by atoms with Crippen molar-refractivity contribution in [2.24, 2.45) is 0 Å². The second-order valence-electron chi connectivity index (χ2n) is 4.86. The Morgan fingerprint density at radius 3 is 2.89 bits per heavy atom. The summed E-state index contributed by atoms with van der Waals surface area (Å²) in [6.45, 7) is 2.16. The van der Waals surface area contributed by atoms with Gasteiger partial charge in [-0.15, -0.1) is 0 Å². The standard InChI is InChI=1S/C14H16ClNO3/c1-9(17)7-10-3-2-6-16(10)14(19)12-8-11(18)4-5-13(12)15/h4-5,8,10,18H,2-3,6-7H2,1H3. The molecule has 0 bridgehead atoms. The minimum absolute atomic E-state index is 0.00932. The molecule has 4 nitrogen and oxygen atoms in total. The molecule has 1 saturated heterocycles. The molecule has 2 rings (SSSR count). The Kier molecular flexibility index (Phi) is 4.10. The number of carbonyl (C=O) groups is 2. The van der Waals surface area contributed by atoms with Gasteiger partial charge in [-0.3, -0.25) is 9.59 Å². The third-order valence-corrected chi connectivity index (χ3v) is 3.67. The van der Waals surface area contributed by atoms with E-state index in [1.807, 2.05) is 0 Å². The molecular formula is C14H16ClNO3. The van der Waals surface area contributed by atoms with Crippen LogP contribution in [0.4, 0.5) is 0 Å². The maximum Gasteiger partial charge on any atom is 0.255 e. The van der Waals surface area contributed by atoms with Crippen molar-refractivity contribution in [1.82, 2.24) is 4.90 Å². The van der Waals surface area contributed by atoms with Crippen LogP contribution in [0.1, 0.15) is 36.5 Å². The van der Waals surface area contributed by atoms with E-state index in [2.05, 4.69) is 0 Å². The molecule has 1 unspecified atom stereocenters. The van der Waals surface area contributed by atoms with Crippen molar-refractivity contribution < 1.29 is 14.7 Å².